The molecule has 0 aromatic heterocycles. The van der Waals surface area contributed by atoms with Crippen molar-refractivity contribution < 1.29 is 26.3 Å². The molecule has 0 amide bonds. The van der Waals surface area contributed by atoms with E-state index in [0.717, 1.165) is 0 Å². The minimum atomic E-state index is -3.72. The van der Waals surface area contributed by atoms with Gasteiger partial charge in [-0.25, -0.2) is 0 Å². The third-order valence-electron chi connectivity index (χ3n) is 6.10. The van der Waals surface area contributed by atoms with Crippen molar-refractivity contribution in [2.75, 3.05) is 35.5 Å². The first-order chi connectivity index (χ1) is 12.2. The van der Waals surface area contributed by atoms with Crippen LogP contribution in [-0.4, -0.2) is 75.6 Å². The van der Waals surface area contributed by atoms with Gasteiger partial charge in [0.2, 0.25) is 0 Å². The predicted molar refractivity (Wildman–Crippen MR) is 110 cm³/mol. The molecular formula is C18H42Ge2O7. The second-order valence-electron chi connectivity index (χ2n) is 8.23. The van der Waals surface area contributed by atoms with Gasteiger partial charge in [-0.05, 0) is 0 Å². The van der Waals surface area contributed by atoms with Gasteiger partial charge in [-0.2, -0.15) is 0 Å². The average Bonchev–Trinajstić information content (AvgIpc) is 2.63. The van der Waals surface area contributed by atoms with Crippen LogP contribution in [0.2, 0.25) is 5.76 Å². The van der Waals surface area contributed by atoms with Gasteiger partial charge < -0.3 is 0 Å². The maximum atomic E-state index is 6.37. The Morgan fingerprint density at radius 1 is 0.593 bits per heavy atom. The topological polar surface area (TPSA) is 64.6 Å². The Labute approximate surface area is 173 Å². The van der Waals surface area contributed by atoms with E-state index >= 15 is 0 Å². The molecular weight excluding hydrogens is 473 g/mol. The molecule has 3 atom stereocenters. The molecule has 0 N–H and O–H groups in total. The number of rotatable bonds is 13. The van der Waals surface area contributed by atoms with Crippen molar-refractivity contribution in [2.24, 2.45) is 17.8 Å². The first-order valence-corrected chi connectivity index (χ1v) is 17.4. The summed E-state index contributed by atoms with van der Waals surface area (Å²) in [6.07, 6.45) is 0. The molecule has 0 rings (SSSR count). The van der Waals surface area contributed by atoms with Gasteiger partial charge in [0.15, 0.2) is 0 Å². The van der Waals surface area contributed by atoms with E-state index in [4.69, 9.17) is 26.3 Å². The van der Waals surface area contributed by atoms with Crippen molar-refractivity contribution in [3.8, 4) is 0 Å². The SMILES string of the molecule is C[O][Ge]([CH3])([O]C)[O]C(C)(C)C(C)C(C)C(C)C(C)(C)[O][Ge]([O]C)([O]C)[O]C. The molecule has 164 valence electrons. The molecule has 9 heteroatoms. The third kappa shape index (κ3) is 7.22. The molecule has 0 aliphatic carbocycles. The molecule has 0 spiro atoms. The van der Waals surface area contributed by atoms with Crippen LogP contribution in [0.1, 0.15) is 48.5 Å². The summed E-state index contributed by atoms with van der Waals surface area (Å²) in [6.45, 7) is 14.9. The molecule has 0 fully saturated rings. The summed E-state index contributed by atoms with van der Waals surface area (Å²) < 4.78 is 40.3. The van der Waals surface area contributed by atoms with Gasteiger partial charge in [-0.1, -0.05) is 0 Å². The quantitative estimate of drug-likeness (QED) is 0.347. The Kier molecular flexibility index (Phi) is 11.0. The summed E-state index contributed by atoms with van der Waals surface area (Å²) in [5, 5.41) is 0. The van der Waals surface area contributed by atoms with E-state index in [9.17, 15) is 0 Å². The number of hydrogen-bond donors (Lipinski definition) is 0. The molecule has 0 saturated heterocycles. The van der Waals surface area contributed by atoms with E-state index in [2.05, 4.69) is 48.5 Å². The zero-order valence-corrected chi connectivity index (χ0v) is 23.8. The summed E-state index contributed by atoms with van der Waals surface area (Å²) >= 11 is -6.93. The van der Waals surface area contributed by atoms with E-state index < -0.39 is 40.1 Å². The maximum absolute atomic E-state index is 6.37. The molecule has 0 aliphatic rings. The van der Waals surface area contributed by atoms with Crippen molar-refractivity contribution in [3.05, 3.63) is 0 Å². The summed E-state index contributed by atoms with van der Waals surface area (Å²) in [4.78, 5) is 0. The van der Waals surface area contributed by atoms with Crippen molar-refractivity contribution in [1.29, 1.82) is 0 Å². The molecule has 7 nitrogen and oxygen atoms in total. The molecule has 0 bridgehead atoms. The van der Waals surface area contributed by atoms with Crippen LogP contribution in [0, 0.1) is 17.8 Å². The van der Waals surface area contributed by atoms with Crippen molar-refractivity contribution >= 4 is 28.9 Å². The monoisotopic (exact) mass is 518 g/mol. The third-order valence-corrected chi connectivity index (χ3v) is 15.9. The zero-order chi connectivity index (χ0) is 21.7. The van der Waals surface area contributed by atoms with Crippen LogP contribution in [0.25, 0.3) is 0 Å². The number of hydrogen-bond acceptors (Lipinski definition) is 7. The van der Waals surface area contributed by atoms with Gasteiger partial charge in [0.05, 0.1) is 0 Å². The van der Waals surface area contributed by atoms with Crippen molar-refractivity contribution in [3.63, 3.8) is 0 Å². The fourth-order valence-corrected chi connectivity index (χ4v) is 9.64. The van der Waals surface area contributed by atoms with E-state index in [0.29, 0.717) is 0 Å². The second-order valence-corrected chi connectivity index (χ2v) is 19.1. The molecule has 0 aromatic rings. The normalized spacial score (nSPS) is 17.7. The van der Waals surface area contributed by atoms with Gasteiger partial charge in [0.25, 0.3) is 0 Å². The fraction of sp³-hybridized carbons (Fsp3) is 1.00. The van der Waals surface area contributed by atoms with Crippen molar-refractivity contribution in [2.45, 2.75) is 65.4 Å². The first kappa shape index (κ1) is 27.8. The van der Waals surface area contributed by atoms with Crippen LogP contribution < -0.4 is 0 Å². The van der Waals surface area contributed by atoms with Crippen LogP contribution in [0.3, 0.4) is 0 Å². The van der Waals surface area contributed by atoms with Crippen LogP contribution in [0.5, 0.6) is 0 Å². The molecule has 3 unspecified atom stereocenters. The van der Waals surface area contributed by atoms with Crippen LogP contribution in [0.4, 0.5) is 0 Å². The molecule has 0 heterocycles. The van der Waals surface area contributed by atoms with E-state index in [1.54, 1.807) is 35.5 Å². The minimum absolute atomic E-state index is 0.185. The van der Waals surface area contributed by atoms with E-state index in [1.807, 2.05) is 5.76 Å². The Hall–Kier alpha value is 0.806. The second kappa shape index (κ2) is 10.7. The summed E-state index contributed by atoms with van der Waals surface area (Å²) in [5.74, 6) is 2.64. The van der Waals surface area contributed by atoms with Gasteiger partial charge in [0, 0.05) is 0 Å². The Morgan fingerprint density at radius 2 is 0.926 bits per heavy atom. The predicted octanol–water partition coefficient (Wildman–Crippen LogP) is 3.72. The zero-order valence-electron chi connectivity index (χ0n) is 19.6. The van der Waals surface area contributed by atoms with Crippen molar-refractivity contribution in [1.82, 2.24) is 0 Å². The molecule has 0 saturated carbocycles. The Morgan fingerprint density at radius 3 is 1.22 bits per heavy atom. The average molecular weight is 516 g/mol. The Bertz CT molecular complexity index is 429. The Balaban J connectivity index is 5.41. The summed E-state index contributed by atoms with van der Waals surface area (Å²) in [5.41, 5.74) is -0.911. The summed E-state index contributed by atoms with van der Waals surface area (Å²) in [6, 6.07) is 0. The summed E-state index contributed by atoms with van der Waals surface area (Å²) in [7, 11) is 8.01. The molecule has 0 aromatic carbocycles. The standard InChI is InChI=1S/C18H42Ge2O7/c1-14(15(2)17(4,5)26-19(8,21-9)22-10)16(3)18(6,7)27-20(23-11,24-12)25-13/h14-16H,1-13H3. The van der Waals surface area contributed by atoms with Gasteiger partial charge in [-0.3, -0.25) is 0 Å². The molecule has 0 aliphatic heterocycles. The van der Waals surface area contributed by atoms with Crippen LogP contribution in [0.15, 0.2) is 0 Å². The van der Waals surface area contributed by atoms with Gasteiger partial charge in [0.1, 0.15) is 0 Å². The van der Waals surface area contributed by atoms with Crippen LogP contribution in [-0.2, 0) is 26.3 Å². The van der Waals surface area contributed by atoms with Gasteiger partial charge >= 0.3 is 174 Å². The van der Waals surface area contributed by atoms with E-state index in [-0.39, 0.29) is 17.8 Å². The first-order valence-electron chi connectivity index (χ1n) is 9.35. The fourth-order valence-electron chi connectivity index (χ4n) is 3.23. The van der Waals surface area contributed by atoms with Gasteiger partial charge in [-0.15, -0.1) is 0 Å². The van der Waals surface area contributed by atoms with E-state index in [1.165, 1.54) is 0 Å². The van der Waals surface area contributed by atoms with Crippen LogP contribution >= 0.6 is 0 Å². The molecule has 27 heavy (non-hydrogen) atoms. The molecule has 0 radical (unpaired) electrons.